The fraction of sp³-hybridized carbons (Fsp3) is 0.600. The first-order valence-corrected chi connectivity index (χ1v) is 5.32. The van der Waals surface area contributed by atoms with Gasteiger partial charge in [-0.15, -0.1) is 0 Å². The van der Waals surface area contributed by atoms with Gasteiger partial charge in [-0.25, -0.2) is 4.98 Å². The highest BCUT2D eigenvalue weighted by atomic mass is 16.2. The van der Waals surface area contributed by atoms with E-state index in [0.717, 1.165) is 19.0 Å². The van der Waals surface area contributed by atoms with Gasteiger partial charge in [0.2, 0.25) is 11.9 Å². The van der Waals surface area contributed by atoms with E-state index in [1.807, 2.05) is 13.1 Å². The fourth-order valence-electron chi connectivity index (χ4n) is 2.47. The summed E-state index contributed by atoms with van der Waals surface area (Å²) in [4.78, 5) is 18.0. The lowest BCUT2D eigenvalue weighted by Gasteiger charge is -2.48. The van der Waals surface area contributed by atoms with Crippen LogP contribution in [-0.2, 0) is 10.3 Å². The number of fused-ring (bicyclic) bond motifs is 2. The summed E-state index contributed by atoms with van der Waals surface area (Å²) >= 11 is 0. The second kappa shape index (κ2) is 2.82. The highest BCUT2D eigenvalue weighted by Gasteiger charge is 2.47. The molecule has 0 radical (unpaired) electrons. The molecule has 1 saturated heterocycles. The van der Waals surface area contributed by atoms with Crippen LogP contribution in [0.1, 0.15) is 13.3 Å². The number of amides is 1. The smallest absolute Gasteiger partial charge is 0.231 e. The number of imidazole rings is 1. The largest absolute Gasteiger partial charge is 0.312 e. The standard InChI is InChI=1S/C10H14N4O/c1-2-13-8(15)5-10(6-11-7-10)14-4-3-12-9(13)14/h3-4,11H,2,5-7H2,1H3. The topological polar surface area (TPSA) is 50.2 Å². The van der Waals surface area contributed by atoms with E-state index >= 15 is 0 Å². The molecule has 80 valence electrons. The van der Waals surface area contributed by atoms with Gasteiger partial charge >= 0.3 is 0 Å². The van der Waals surface area contributed by atoms with Crippen LogP contribution in [-0.4, -0.2) is 35.1 Å². The Morgan fingerprint density at radius 2 is 2.40 bits per heavy atom. The third-order valence-corrected chi connectivity index (χ3v) is 3.38. The van der Waals surface area contributed by atoms with Crippen LogP contribution in [0.5, 0.6) is 0 Å². The molecule has 5 nitrogen and oxygen atoms in total. The predicted molar refractivity (Wildman–Crippen MR) is 55.7 cm³/mol. The number of anilines is 1. The van der Waals surface area contributed by atoms with E-state index in [1.54, 1.807) is 11.1 Å². The van der Waals surface area contributed by atoms with Crippen molar-refractivity contribution in [1.82, 2.24) is 14.9 Å². The Balaban J connectivity index is 2.10. The maximum atomic E-state index is 11.9. The van der Waals surface area contributed by atoms with Gasteiger partial charge in [0.1, 0.15) is 0 Å². The highest BCUT2D eigenvalue weighted by molar-refractivity contribution is 5.94. The Kier molecular flexibility index (Phi) is 1.68. The molecule has 1 amide bonds. The molecular formula is C10H14N4O. The van der Waals surface area contributed by atoms with Gasteiger partial charge in [0.15, 0.2) is 0 Å². The molecule has 2 aliphatic rings. The highest BCUT2D eigenvalue weighted by Crippen LogP contribution is 2.35. The number of nitrogens with zero attached hydrogens (tertiary/aromatic N) is 3. The molecule has 1 fully saturated rings. The number of nitrogens with one attached hydrogen (secondary N) is 1. The van der Waals surface area contributed by atoms with Gasteiger partial charge in [-0.2, -0.15) is 0 Å². The summed E-state index contributed by atoms with van der Waals surface area (Å²) in [6.45, 7) is 4.42. The van der Waals surface area contributed by atoms with Gasteiger partial charge in [0.25, 0.3) is 0 Å². The Labute approximate surface area is 88.1 Å². The van der Waals surface area contributed by atoms with E-state index in [9.17, 15) is 4.79 Å². The minimum absolute atomic E-state index is 0.0331. The van der Waals surface area contributed by atoms with Crippen LogP contribution in [0, 0.1) is 0 Å². The van der Waals surface area contributed by atoms with Crippen LogP contribution in [0.15, 0.2) is 12.4 Å². The van der Waals surface area contributed by atoms with Crippen LogP contribution < -0.4 is 10.2 Å². The Bertz CT molecular complexity index is 407. The monoisotopic (exact) mass is 206 g/mol. The summed E-state index contributed by atoms with van der Waals surface area (Å²) in [5.41, 5.74) is -0.0331. The normalized spacial score (nSPS) is 22.7. The van der Waals surface area contributed by atoms with Crippen LogP contribution in [0.2, 0.25) is 0 Å². The van der Waals surface area contributed by atoms with Crippen molar-refractivity contribution in [2.75, 3.05) is 24.5 Å². The zero-order valence-corrected chi connectivity index (χ0v) is 8.73. The van der Waals surface area contributed by atoms with Gasteiger partial charge in [0, 0.05) is 32.0 Å². The molecule has 3 heterocycles. The van der Waals surface area contributed by atoms with E-state index in [4.69, 9.17) is 0 Å². The summed E-state index contributed by atoms with van der Waals surface area (Å²) in [5, 5.41) is 3.24. The first-order valence-electron chi connectivity index (χ1n) is 5.32. The number of aromatic nitrogens is 2. The number of carbonyl (C=O) groups is 1. The maximum absolute atomic E-state index is 11.9. The Morgan fingerprint density at radius 1 is 1.60 bits per heavy atom. The molecule has 0 atom stereocenters. The molecule has 0 bridgehead atoms. The molecule has 1 aromatic rings. The van der Waals surface area contributed by atoms with Gasteiger partial charge in [-0.1, -0.05) is 0 Å². The lowest BCUT2D eigenvalue weighted by Crippen LogP contribution is -2.65. The summed E-state index contributed by atoms with van der Waals surface area (Å²) in [6.07, 6.45) is 4.35. The van der Waals surface area contributed by atoms with Crippen LogP contribution in [0.25, 0.3) is 0 Å². The van der Waals surface area contributed by atoms with Crippen molar-refractivity contribution in [3.63, 3.8) is 0 Å². The Morgan fingerprint density at radius 3 is 3.00 bits per heavy atom. The summed E-state index contributed by atoms with van der Waals surface area (Å²) in [6, 6.07) is 0. The SMILES string of the molecule is CCN1C(=O)CC2(CNC2)n2ccnc21. The van der Waals surface area contributed by atoms with Gasteiger partial charge in [0.05, 0.1) is 12.0 Å². The Hall–Kier alpha value is -1.36. The molecular weight excluding hydrogens is 192 g/mol. The number of rotatable bonds is 1. The maximum Gasteiger partial charge on any atom is 0.231 e. The lowest BCUT2D eigenvalue weighted by molar-refractivity contribution is -0.122. The second-order valence-corrected chi connectivity index (χ2v) is 4.24. The molecule has 5 heteroatoms. The van der Waals surface area contributed by atoms with E-state index in [2.05, 4.69) is 14.9 Å². The fourth-order valence-corrected chi connectivity index (χ4v) is 2.47. The summed E-state index contributed by atoms with van der Waals surface area (Å²) < 4.78 is 2.15. The van der Waals surface area contributed by atoms with Gasteiger partial charge in [-0.3, -0.25) is 9.69 Å². The minimum Gasteiger partial charge on any atom is -0.312 e. The third kappa shape index (κ3) is 1.01. The molecule has 1 aromatic heterocycles. The average molecular weight is 206 g/mol. The van der Waals surface area contributed by atoms with Crippen LogP contribution in [0.3, 0.4) is 0 Å². The van der Waals surface area contributed by atoms with E-state index in [1.165, 1.54) is 0 Å². The predicted octanol–water partition coefficient (Wildman–Crippen LogP) is -0.0618. The van der Waals surface area contributed by atoms with Crippen molar-refractivity contribution in [3.05, 3.63) is 12.4 Å². The zero-order valence-electron chi connectivity index (χ0n) is 8.73. The molecule has 1 N–H and O–H groups in total. The molecule has 0 aromatic carbocycles. The molecule has 0 saturated carbocycles. The van der Waals surface area contributed by atoms with Gasteiger partial charge in [-0.05, 0) is 6.92 Å². The quantitative estimate of drug-likeness (QED) is 0.700. The number of hydrogen-bond donors (Lipinski definition) is 1. The molecule has 0 aliphatic carbocycles. The van der Waals surface area contributed by atoms with E-state index < -0.39 is 0 Å². The summed E-state index contributed by atoms with van der Waals surface area (Å²) in [7, 11) is 0. The molecule has 3 rings (SSSR count). The molecule has 15 heavy (non-hydrogen) atoms. The number of hydrogen-bond acceptors (Lipinski definition) is 3. The molecule has 2 aliphatic heterocycles. The second-order valence-electron chi connectivity index (χ2n) is 4.24. The van der Waals surface area contributed by atoms with Crippen molar-refractivity contribution in [1.29, 1.82) is 0 Å². The van der Waals surface area contributed by atoms with Gasteiger partial charge < -0.3 is 9.88 Å². The minimum atomic E-state index is -0.0331. The van der Waals surface area contributed by atoms with E-state index in [-0.39, 0.29) is 11.4 Å². The van der Waals surface area contributed by atoms with Crippen molar-refractivity contribution in [2.45, 2.75) is 18.9 Å². The van der Waals surface area contributed by atoms with Crippen molar-refractivity contribution in [3.8, 4) is 0 Å². The van der Waals surface area contributed by atoms with Crippen molar-refractivity contribution < 1.29 is 4.79 Å². The first kappa shape index (κ1) is 8.91. The zero-order chi connectivity index (χ0) is 10.5. The lowest BCUT2D eigenvalue weighted by atomic mass is 9.86. The molecule has 0 unspecified atom stereocenters. The summed E-state index contributed by atoms with van der Waals surface area (Å²) in [5.74, 6) is 0.993. The van der Waals surface area contributed by atoms with Crippen LogP contribution >= 0.6 is 0 Å². The first-order chi connectivity index (χ1) is 7.27. The van der Waals surface area contributed by atoms with Crippen molar-refractivity contribution in [2.24, 2.45) is 0 Å². The van der Waals surface area contributed by atoms with Crippen LogP contribution in [0.4, 0.5) is 5.95 Å². The third-order valence-electron chi connectivity index (χ3n) is 3.38. The van der Waals surface area contributed by atoms with Crippen molar-refractivity contribution >= 4 is 11.9 Å². The number of carbonyl (C=O) groups excluding carboxylic acids is 1. The molecule has 1 spiro atoms. The van der Waals surface area contributed by atoms with E-state index in [0.29, 0.717) is 13.0 Å². The average Bonchev–Trinajstić information content (AvgIpc) is 2.62.